The Balaban J connectivity index is 1.88. The molecule has 0 bridgehead atoms. The van der Waals surface area contributed by atoms with Gasteiger partial charge < -0.3 is 5.73 Å². The van der Waals surface area contributed by atoms with Gasteiger partial charge in [0.25, 0.3) is 0 Å². The molecule has 0 aromatic carbocycles. The molecule has 2 aromatic heterocycles. The maximum atomic E-state index is 12.1. The second-order valence-electron chi connectivity index (χ2n) is 7.39. The minimum Gasteiger partial charge on any atom is -0.383 e. The third kappa shape index (κ3) is 3.38. The third-order valence-electron chi connectivity index (χ3n) is 4.33. The Kier molecular flexibility index (Phi) is 4.40. The molecule has 0 saturated carbocycles. The summed E-state index contributed by atoms with van der Waals surface area (Å²) < 4.78 is 0. The quantitative estimate of drug-likeness (QED) is 0.667. The van der Waals surface area contributed by atoms with E-state index in [1.807, 2.05) is 20.8 Å². The Morgan fingerprint density at radius 1 is 1.39 bits per heavy atom. The van der Waals surface area contributed by atoms with Crippen LogP contribution in [0, 0.1) is 11.3 Å². The summed E-state index contributed by atoms with van der Waals surface area (Å²) in [5.74, 6) is 1.87. The largest absolute Gasteiger partial charge is 0.383 e. The fraction of sp³-hybridized carbons (Fsp3) is 0.588. The number of aromatic nitrogens is 2. The molecule has 124 valence electrons. The number of nitrogens with two attached hydrogens (primary N) is 1. The predicted octanol–water partition coefficient (Wildman–Crippen LogP) is 4.11. The van der Waals surface area contributed by atoms with Gasteiger partial charge in [0.2, 0.25) is 0 Å². The van der Waals surface area contributed by atoms with Gasteiger partial charge in [0, 0.05) is 10.3 Å². The van der Waals surface area contributed by atoms with Gasteiger partial charge in [-0.05, 0) is 30.7 Å². The molecule has 0 unspecified atom stereocenters. The fourth-order valence-corrected chi connectivity index (χ4v) is 5.22. The summed E-state index contributed by atoms with van der Waals surface area (Å²) in [6.07, 6.45) is 3.38. The van der Waals surface area contributed by atoms with E-state index in [0.29, 0.717) is 16.7 Å². The van der Waals surface area contributed by atoms with Gasteiger partial charge in [-0.15, -0.1) is 11.3 Å². The number of carbonyl (C=O) groups is 1. The molecule has 0 radical (unpaired) electrons. The van der Waals surface area contributed by atoms with Gasteiger partial charge in [-0.25, -0.2) is 9.97 Å². The van der Waals surface area contributed by atoms with Crippen LogP contribution in [0.1, 0.15) is 44.6 Å². The number of aryl methyl sites for hydroxylation is 1. The van der Waals surface area contributed by atoms with Crippen LogP contribution in [0.4, 0.5) is 5.82 Å². The lowest BCUT2D eigenvalue weighted by atomic mass is 9.89. The maximum absolute atomic E-state index is 12.1. The van der Waals surface area contributed by atoms with E-state index in [4.69, 9.17) is 5.73 Å². The summed E-state index contributed by atoms with van der Waals surface area (Å²) in [5.41, 5.74) is 7.23. The van der Waals surface area contributed by atoms with Crippen molar-refractivity contribution in [2.45, 2.75) is 52.1 Å². The molecule has 1 aliphatic rings. The highest BCUT2D eigenvalue weighted by atomic mass is 32.2. The zero-order chi connectivity index (χ0) is 16.8. The molecule has 0 saturated heterocycles. The Hall–Kier alpha value is -1.14. The zero-order valence-corrected chi connectivity index (χ0v) is 15.7. The van der Waals surface area contributed by atoms with Crippen molar-refractivity contribution >= 4 is 44.9 Å². The summed E-state index contributed by atoms with van der Waals surface area (Å²) in [6.45, 7) is 8.09. The molecule has 2 aromatic rings. The smallest absolute Gasteiger partial charge is 0.191 e. The molecule has 1 aliphatic carbocycles. The van der Waals surface area contributed by atoms with Crippen molar-refractivity contribution in [2.75, 3.05) is 11.5 Å². The summed E-state index contributed by atoms with van der Waals surface area (Å²) in [5, 5.41) is 1.66. The average Bonchev–Trinajstić information content (AvgIpc) is 2.81. The Labute approximate surface area is 145 Å². The highest BCUT2D eigenvalue weighted by molar-refractivity contribution is 7.99. The molecular formula is C17H23N3OS2. The van der Waals surface area contributed by atoms with Gasteiger partial charge in [-0.2, -0.15) is 0 Å². The fourth-order valence-electron chi connectivity index (χ4n) is 2.76. The van der Waals surface area contributed by atoms with Gasteiger partial charge in [0.15, 0.2) is 5.16 Å². The van der Waals surface area contributed by atoms with Crippen LogP contribution >= 0.6 is 23.1 Å². The number of nitrogens with zero attached hydrogens (tertiary/aromatic N) is 2. The maximum Gasteiger partial charge on any atom is 0.191 e. The first-order valence-corrected chi connectivity index (χ1v) is 9.79. The molecule has 2 N–H and O–H groups in total. The average molecular weight is 350 g/mol. The first kappa shape index (κ1) is 16.7. The molecule has 4 nitrogen and oxygen atoms in total. The van der Waals surface area contributed by atoms with Crippen LogP contribution in [-0.2, 0) is 17.6 Å². The van der Waals surface area contributed by atoms with Crippen molar-refractivity contribution in [3.05, 3.63) is 10.4 Å². The Morgan fingerprint density at radius 3 is 2.83 bits per heavy atom. The van der Waals surface area contributed by atoms with Crippen molar-refractivity contribution in [1.82, 2.24) is 9.97 Å². The summed E-state index contributed by atoms with van der Waals surface area (Å²) in [4.78, 5) is 23.6. The molecule has 2 heterocycles. The SMILES string of the molecule is C[C@@H]1CCc2c(sc3nc(SCC(=O)C(C)(C)C)nc(N)c23)C1. The van der Waals surface area contributed by atoms with Crippen LogP contribution < -0.4 is 5.73 Å². The van der Waals surface area contributed by atoms with Gasteiger partial charge in [0.1, 0.15) is 16.4 Å². The lowest BCUT2D eigenvalue weighted by Gasteiger charge is -2.17. The molecule has 0 amide bonds. The first-order valence-electron chi connectivity index (χ1n) is 7.99. The molecular weight excluding hydrogens is 326 g/mol. The highest BCUT2D eigenvalue weighted by Gasteiger charge is 2.24. The Bertz CT molecular complexity index is 761. The van der Waals surface area contributed by atoms with E-state index in [2.05, 4.69) is 16.9 Å². The lowest BCUT2D eigenvalue weighted by molar-refractivity contribution is -0.123. The number of hydrogen-bond acceptors (Lipinski definition) is 6. The molecule has 0 spiro atoms. The summed E-state index contributed by atoms with van der Waals surface area (Å²) >= 11 is 3.13. The van der Waals surface area contributed by atoms with E-state index in [0.717, 1.165) is 29.0 Å². The van der Waals surface area contributed by atoms with Crippen LogP contribution in [0.2, 0.25) is 0 Å². The normalized spacial score (nSPS) is 18.2. The highest BCUT2D eigenvalue weighted by Crippen LogP contribution is 2.40. The van der Waals surface area contributed by atoms with Gasteiger partial charge in [-0.3, -0.25) is 4.79 Å². The number of thioether (sulfide) groups is 1. The number of anilines is 1. The van der Waals surface area contributed by atoms with E-state index in [9.17, 15) is 4.79 Å². The predicted molar refractivity (Wildman–Crippen MR) is 98.2 cm³/mol. The number of carbonyl (C=O) groups excluding carboxylic acids is 1. The van der Waals surface area contributed by atoms with Crippen LogP contribution in [0.3, 0.4) is 0 Å². The monoisotopic (exact) mass is 349 g/mol. The van der Waals surface area contributed by atoms with Crippen molar-refractivity contribution < 1.29 is 4.79 Å². The molecule has 3 rings (SSSR count). The number of rotatable bonds is 3. The number of hydrogen-bond donors (Lipinski definition) is 1. The van der Waals surface area contributed by atoms with Crippen LogP contribution in [-0.4, -0.2) is 21.5 Å². The number of ketones is 1. The number of fused-ring (bicyclic) bond motifs is 3. The minimum absolute atomic E-state index is 0.198. The van der Waals surface area contributed by atoms with Gasteiger partial charge >= 0.3 is 0 Å². The van der Waals surface area contributed by atoms with Gasteiger partial charge in [0.05, 0.1) is 11.1 Å². The second-order valence-corrected chi connectivity index (χ2v) is 9.41. The van der Waals surface area contributed by atoms with Gasteiger partial charge in [-0.1, -0.05) is 39.5 Å². The standard InChI is InChI=1S/C17H23N3OS2/c1-9-5-6-10-11(7-9)23-15-13(10)14(18)19-16(20-15)22-8-12(21)17(2,3)4/h9H,5-8H2,1-4H3,(H2,18,19,20)/t9-/m1/s1. The number of thiophene rings is 1. The van der Waals surface area contributed by atoms with Crippen LogP contribution in [0.5, 0.6) is 0 Å². The minimum atomic E-state index is -0.333. The van der Waals surface area contributed by atoms with Crippen LogP contribution in [0.25, 0.3) is 10.2 Å². The molecule has 0 aliphatic heterocycles. The van der Waals surface area contributed by atoms with E-state index < -0.39 is 0 Å². The van der Waals surface area contributed by atoms with Crippen LogP contribution in [0.15, 0.2) is 5.16 Å². The van der Waals surface area contributed by atoms with E-state index in [1.54, 1.807) is 11.3 Å². The lowest BCUT2D eigenvalue weighted by Crippen LogP contribution is -2.22. The Morgan fingerprint density at radius 2 is 2.13 bits per heavy atom. The molecule has 0 fully saturated rings. The zero-order valence-electron chi connectivity index (χ0n) is 14.1. The van der Waals surface area contributed by atoms with Crippen molar-refractivity contribution in [3.8, 4) is 0 Å². The molecule has 6 heteroatoms. The van der Waals surface area contributed by atoms with E-state index in [-0.39, 0.29) is 11.2 Å². The number of nitrogen functional groups attached to an aromatic ring is 1. The number of Topliss-reactive ketones (excluding diaryl/α,β-unsaturated/α-hetero) is 1. The first-order chi connectivity index (χ1) is 10.8. The van der Waals surface area contributed by atoms with E-state index in [1.165, 1.54) is 28.6 Å². The topological polar surface area (TPSA) is 68.9 Å². The second kappa shape index (κ2) is 6.06. The summed E-state index contributed by atoms with van der Waals surface area (Å²) in [7, 11) is 0. The molecule has 23 heavy (non-hydrogen) atoms. The van der Waals surface area contributed by atoms with E-state index >= 15 is 0 Å². The summed E-state index contributed by atoms with van der Waals surface area (Å²) in [6, 6.07) is 0. The molecule has 1 atom stereocenters. The van der Waals surface area contributed by atoms with Crippen molar-refractivity contribution in [2.24, 2.45) is 11.3 Å². The van der Waals surface area contributed by atoms with Crippen molar-refractivity contribution in [1.29, 1.82) is 0 Å². The van der Waals surface area contributed by atoms with Crippen molar-refractivity contribution in [3.63, 3.8) is 0 Å². The third-order valence-corrected chi connectivity index (χ3v) is 6.33.